The Kier molecular flexibility index (Phi) is 12.3. The summed E-state index contributed by atoms with van der Waals surface area (Å²) >= 11 is 1.37. The standard InChI is InChI=1S/C44H59NO6S2/c1-4-28-6-10-30(11-7-28)32-14-18-35(19-15-32)43(46)50-38-26-27-39(41-40(38)45-42(52-41)34-22-24-37(25-23-34)53(3,48)49)51-44(47)36-20-16-33(17-21-36)31-12-8-29(5-2)9-13-31/h22-33,35-36H,4-21H2,1-3H3. The van der Waals surface area contributed by atoms with Crippen LogP contribution >= 0.6 is 11.3 Å². The molecule has 0 N–H and O–H groups in total. The summed E-state index contributed by atoms with van der Waals surface area (Å²) in [6.07, 6.45) is 22.3. The van der Waals surface area contributed by atoms with Gasteiger partial charge in [0.1, 0.15) is 15.2 Å². The van der Waals surface area contributed by atoms with Crippen molar-refractivity contribution in [3.8, 4) is 22.1 Å². The number of rotatable bonds is 10. The molecule has 0 atom stereocenters. The quantitative estimate of drug-likeness (QED) is 0.150. The van der Waals surface area contributed by atoms with E-state index in [-0.39, 0.29) is 28.7 Å². The van der Waals surface area contributed by atoms with E-state index in [0.29, 0.717) is 38.6 Å². The molecule has 3 aromatic rings. The van der Waals surface area contributed by atoms with Crippen LogP contribution in [0.3, 0.4) is 0 Å². The van der Waals surface area contributed by atoms with E-state index in [1.165, 1.54) is 81.8 Å². The Balaban J connectivity index is 1.05. The van der Waals surface area contributed by atoms with Crippen molar-refractivity contribution < 1.29 is 27.5 Å². The first-order valence-electron chi connectivity index (χ1n) is 20.8. The number of aromatic nitrogens is 1. The molecule has 2 aromatic carbocycles. The molecule has 1 aromatic heterocycles. The highest BCUT2D eigenvalue weighted by atomic mass is 32.2. The van der Waals surface area contributed by atoms with Gasteiger partial charge in [0.05, 0.1) is 16.7 Å². The molecule has 4 aliphatic rings. The molecule has 4 fully saturated rings. The van der Waals surface area contributed by atoms with Crippen molar-refractivity contribution in [3.05, 3.63) is 36.4 Å². The number of esters is 2. The molecule has 0 amide bonds. The summed E-state index contributed by atoms with van der Waals surface area (Å²) in [4.78, 5) is 32.4. The topological polar surface area (TPSA) is 99.6 Å². The Morgan fingerprint density at radius 3 is 1.47 bits per heavy atom. The summed E-state index contributed by atoms with van der Waals surface area (Å²) < 4.78 is 37.2. The van der Waals surface area contributed by atoms with E-state index in [0.717, 1.165) is 80.6 Å². The molecule has 0 aliphatic heterocycles. The Hall–Kier alpha value is -2.78. The molecule has 0 bridgehead atoms. The van der Waals surface area contributed by atoms with Gasteiger partial charge in [0, 0.05) is 11.8 Å². The average Bonchev–Trinajstić information content (AvgIpc) is 3.65. The molecule has 7 nitrogen and oxygen atoms in total. The molecule has 0 saturated heterocycles. The fraction of sp³-hybridized carbons (Fsp3) is 0.659. The number of carbonyl (C=O) groups is 2. The van der Waals surface area contributed by atoms with Crippen LogP contribution in [0.4, 0.5) is 0 Å². The smallest absolute Gasteiger partial charge is 0.314 e. The molecule has 4 saturated carbocycles. The first-order valence-corrected chi connectivity index (χ1v) is 23.5. The fourth-order valence-corrected chi connectivity index (χ4v) is 11.9. The fourth-order valence-electron chi connectivity index (χ4n) is 10.3. The van der Waals surface area contributed by atoms with E-state index in [1.54, 1.807) is 36.4 Å². The van der Waals surface area contributed by atoms with Gasteiger partial charge < -0.3 is 9.47 Å². The maximum Gasteiger partial charge on any atom is 0.314 e. The van der Waals surface area contributed by atoms with Gasteiger partial charge in [-0.3, -0.25) is 9.59 Å². The average molecular weight is 762 g/mol. The van der Waals surface area contributed by atoms with Crippen LogP contribution in [0.15, 0.2) is 41.3 Å². The zero-order valence-electron chi connectivity index (χ0n) is 32.0. The molecule has 9 heteroatoms. The highest BCUT2D eigenvalue weighted by Crippen LogP contribution is 2.46. The molecule has 288 valence electrons. The number of benzene rings is 2. The summed E-state index contributed by atoms with van der Waals surface area (Å²) in [5.41, 5.74) is 1.23. The Bertz CT molecular complexity index is 1720. The molecule has 0 radical (unpaired) electrons. The molecule has 7 rings (SSSR count). The Labute approximate surface area is 320 Å². The van der Waals surface area contributed by atoms with Crippen molar-refractivity contribution in [1.29, 1.82) is 0 Å². The second kappa shape index (κ2) is 16.9. The molecule has 1 heterocycles. The van der Waals surface area contributed by atoms with Gasteiger partial charge in [-0.25, -0.2) is 13.4 Å². The monoisotopic (exact) mass is 761 g/mol. The zero-order valence-corrected chi connectivity index (χ0v) is 33.7. The Morgan fingerprint density at radius 1 is 0.623 bits per heavy atom. The van der Waals surface area contributed by atoms with Crippen LogP contribution in [-0.2, 0) is 19.4 Å². The van der Waals surface area contributed by atoms with Gasteiger partial charge in [0.15, 0.2) is 21.3 Å². The van der Waals surface area contributed by atoms with Crippen molar-refractivity contribution in [2.75, 3.05) is 6.26 Å². The van der Waals surface area contributed by atoms with Crippen LogP contribution in [-0.4, -0.2) is 31.6 Å². The molecule has 0 spiro atoms. The third-order valence-electron chi connectivity index (χ3n) is 13.9. The number of thiazole rings is 1. The minimum atomic E-state index is -3.35. The highest BCUT2D eigenvalue weighted by Gasteiger charge is 2.36. The summed E-state index contributed by atoms with van der Waals surface area (Å²) in [5, 5.41) is 0.637. The third-order valence-corrected chi connectivity index (χ3v) is 16.1. The first-order chi connectivity index (χ1) is 25.6. The number of hydrogen-bond donors (Lipinski definition) is 0. The van der Waals surface area contributed by atoms with Crippen LogP contribution in [0, 0.1) is 47.3 Å². The summed E-state index contributed by atoms with van der Waals surface area (Å²) in [5.74, 6) is 4.94. The minimum absolute atomic E-state index is 0.126. The molecular weight excluding hydrogens is 703 g/mol. The molecule has 0 unspecified atom stereocenters. The van der Waals surface area contributed by atoms with Crippen molar-refractivity contribution >= 4 is 43.3 Å². The van der Waals surface area contributed by atoms with E-state index in [1.807, 2.05) is 0 Å². The molecule has 53 heavy (non-hydrogen) atoms. The van der Waals surface area contributed by atoms with E-state index < -0.39 is 9.84 Å². The van der Waals surface area contributed by atoms with E-state index >= 15 is 0 Å². The molecular formula is C44H59NO6S2. The van der Waals surface area contributed by atoms with Crippen LogP contribution in [0.1, 0.15) is 129 Å². The normalized spacial score (nSPS) is 29.8. The van der Waals surface area contributed by atoms with Gasteiger partial charge in [0.2, 0.25) is 0 Å². The van der Waals surface area contributed by atoms with Crippen LogP contribution < -0.4 is 9.47 Å². The van der Waals surface area contributed by atoms with Gasteiger partial charge in [-0.2, -0.15) is 0 Å². The number of fused-ring (bicyclic) bond motifs is 1. The summed E-state index contributed by atoms with van der Waals surface area (Å²) in [7, 11) is -3.35. The summed E-state index contributed by atoms with van der Waals surface area (Å²) in [6.45, 7) is 4.62. The van der Waals surface area contributed by atoms with Crippen molar-refractivity contribution in [1.82, 2.24) is 4.98 Å². The highest BCUT2D eigenvalue weighted by molar-refractivity contribution is 7.90. The number of hydrogen-bond acceptors (Lipinski definition) is 8. The lowest BCUT2D eigenvalue weighted by Crippen LogP contribution is -2.30. The van der Waals surface area contributed by atoms with E-state index in [9.17, 15) is 18.0 Å². The van der Waals surface area contributed by atoms with E-state index in [2.05, 4.69) is 13.8 Å². The lowest BCUT2D eigenvalue weighted by atomic mass is 9.69. The number of carbonyl (C=O) groups excluding carboxylic acids is 2. The first kappa shape index (κ1) is 38.5. The largest absolute Gasteiger partial charge is 0.425 e. The second-order valence-corrected chi connectivity index (χ2v) is 20.0. The lowest BCUT2D eigenvalue weighted by Gasteiger charge is -2.37. The third kappa shape index (κ3) is 9.03. The number of nitrogens with zero attached hydrogens (tertiary/aromatic N) is 1. The van der Waals surface area contributed by atoms with Crippen LogP contribution in [0.25, 0.3) is 20.8 Å². The number of ether oxygens (including phenoxy) is 2. The van der Waals surface area contributed by atoms with Crippen LogP contribution in [0.2, 0.25) is 0 Å². The number of sulfone groups is 1. The maximum atomic E-state index is 13.6. The van der Waals surface area contributed by atoms with Crippen molar-refractivity contribution in [3.63, 3.8) is 0 Å². The van der Waals surface area contributed by atoms with Gasteiger partial charge in [0.25, 0.3) is 0 Å². The maximum absolute atomic E-state index is 13.6. The second-order valence-electron chi connectivity index (χ2n) is 17.0. The molecule has 4 aliphatic carbocycles. The van der Waals surface area contributed by atoms with Crippen LogP contribution in [0.5, 0.6) is 11.5 Å². The van der Waals surface area contributed by atoms with Gasteiger partial charge >= 0.3 is 11.9 Å². The lowest BCUT2D eigenvalue weighted by molar-refractivity contribution is -0.141. The minimum Gasteiger partial charge on any atom is -0.425 e. The predicted octanol–water partition coefficient (Wildman–Crippen LogP) is 11.2. The summed E-state index contributed by atoms with van der Waals surface area (Å²) in [6, 6.07) is 10.1. The van der Waals surface area contributed by atoms with Gasteiger partial charge in [-0.1, -0.05) is 64.5 Å². The predicted molar refractivity (Wildman–Crippen MR) is 212 cm³/mol. The van der Waals surface area contributed by atoms with E-state index in [4.69, 9.17) is 14.5 Å². The van der Waals surface area contributed by atoms with Gasteiger partial charge in [-0.15, -0.1) is 11.3 Å². The SMILES string of the molecule is CCC1CCC(C2CCC(C(=O)Oc3ccc(OC(=O)C4CCC(C5CCC(CC)CC5)CC4)c4sc(-c5ccc(S(C)(=O)=O)cc5)nc34)CC2)CC1. The zero-order chi connectivity index (χ0) is 37.1. The van der Waals surface area contributed by atoms with Crippen molar-refractivity contribution in [2.24, 2.45) is 47.3 Å². The Morgan fingerprint density at radius 2 is 1.04 bits per heavy atom. The van der Waals surface area contributed by atoms with Crippen molar-refractivity contribution in [2.45, 2.75) is 134 Å². The van der Waals surface area contributed by atoms with Gasteiger partial charge in [-0.05, 0) is 137 Å².